The van der Waals surface area contributed by atoms with E-state index in [0.717, 1.165) is 18.8 Å². The minimum atomic E-state index is 0.825. The summed E-state index contributed by atoms with van der Waals surface area (Å²) >= 11 is 0. The lowest BCUT2D eigenvalue weighted by atomic mass is 9.94. The Morgan fingerprint density at radius 3 is 2.50 bits per heavy atom. The van der Waals surface area contributed by atoms with Gasteiger partial charge in [0.15, 0.2) is 0 Å². The predicted molar refractivity (Wildman–Crippen MR) is 57.3 cm³/mol. The maximum Gasteiger partial charge on any atom is -0.0320 e. The Morgan fingerprint density at radius 1 is 1.42 bits per heavy atom. The summed E-state index contributed by atoms with van der Waals surface area (Å²) in [5, 5.41) is 0. The fraction of sp³-hybridized carbons (Fsp3) is 0.667. The van der Waals surface area contributed by atoms with Crippen LogP contribution in [0, 0.1) is 5.92 Å². The first-order valence-electron chi connectivity index (χ1n) is 5.02. The lowest BCUT2D eigenvalue weighted by Gasteiger charge is -2.12. The molecule has 0 rings (SSSR count). The summed E-state index contributed by atoms with van der Waals surface area (Å²) in [4.78, 5) is 0. The first-order valence-corrected chi connectivity index (χ1v) is 5.02. The highest BCUT2D eigenvalue weighted by atomic mass is 14.1. The number of allylic oxidation sites excluding steroid dienone is 2. The third-order valence-corrected chi connectivity index (χ3v) is 2.48. The molecule has 1 unspecified atom stereocenters. The van der Waals surface area contributed by atoms with Gasteiger partial charge in [-0.1, -0.05) is 38.5 Å². The zero-order chi connectivity index (χ0) is 9.40. The lowest BCUT2D eigenvalue weighted by molar-refractivity contribution is 0.474. The van der Waals surface area contributed by atoms with E-state index in [0.29, 0.717) is 0 Å². The average Bonchev–Trinajstić information content (AvgIpc) is 2.11. The monoisotopic (exact) mass is 166 g/mol. The second-order valence-corrected chi connectivity index (χ2v) is 3.44. The van der Waals surface area contributed by atoms with Crippen molar-refractivity contribution in [1.29, 1.82) is 0 Å². The molecule has 0 heteroatoms. The first-order chi connectivity index (χ1) is 5.74. The SMILES string of the molecule is C=CCC(CC)CCC(=C)CC. The molecule has 0 aliphatic heterocycles. The molecular formula is C12H22. The lowest BCUT2D eigenvalue weighted by Crippen LogP contribution is -1.97. The van der Waals surface area contributed by atoms with Crippen LogP contribution in [0.25, 0.3) is 0 Å². The van der Waals surface area contributed by atoms with E-state index in [2.05, 4.69) is 27.0 Å². The van der Waals surface area contributed by atoms with Crippen molar-refractivity contribution in [2.45, 2.75) is 46.0 Å². The zero-order valence-corrected chi connectivity index (χ0v) is 8.60. The van der Waals surface area contributed by atoms with Crippen molar-refractivity contribution in [3.05, 3.63) is 24.8 Å². The van der Waals surface area contributed by atoms with Gasteiger partial charge in [-0.15, -0.1) is 6.58 Å². The molecule has 0 saturated carbocycles. The molecular weight excluding hydrogens is 144 g/mol. The summed E-state index contributed by atoms with van der Waals surface area (Å²) in [5.74, 6) is 0.825. The molecule has 0 spiro atoms. The minimum absolute atomic E-state index is 0.825. The van der Waals surface area contributed by atoms with Crippen LogP contribution in [0.1, 0.15) is 46.0 Å². The van der Waals surface area contributed by atoms with Crippen molar-refractivity contribution in [3.63, 3.8) is 0 Å². The van der Waals surface area contributed by atoms with E-state index in [4.69, 9.17) is 0 Å². The van der Waals surface area contributed by atoms with Crippen LogP contribution in [-0.2, 0) is 0 Å². The fourth-order valence-corrected chi connectivity index (χ4v) is 1.31. The van der Waals surface area contributed by atoms with Crippen molar-refractivity contribution < 1.29 is 0 Å². The zero-order valence-electron chi connectivity index (χ0n) is 8.60. The Kier molecular flexibility index (Phi) is 6.84. The molecule has 12 heavy (non-hydrogen) atoms. The molecule has 0 aliphatic carbocycles. The quantitative estimate of drug-likeness (QED) is 0.494. The maximum atomic E-state index is 4.01. The van der Waals surface area contributed by atoms with E-state index in [1.165, 1.54) is 24.8 Å². The van der Waals surface area contributed by atoms with E-state index >= 15 is 0 Å². The average molecular weight is 166 g/mol. The van der Waals surface area contributed by atoms with Crippen molar-refractivity contribution in [1.82, 2.24) is 0 Å². The molecule has 0 N–H and O–H groups in total. The van der Waals surface area contributed by atoms with E-state index in [9.17, 15) is 0 Å². The van der Waals surface area contributed by atoms with Crippen molar-refractivity contribution >= 4 is 0 Å². The Bertz CT molecular complexity index is 133. The van der Waals surface area contributed by atoms with E-state index in [-0.39, 0.29) is 0 Å². The van der Waals surface area contributed by atoms with Gasteiger partial charge in [-0.05, 0) is 31.6 Å². The maximum absolute atomic E-state index is 4.01. The van der Waals surface area contributed by atoms with Crippen LogP contribution in [0.4, 0.5) is 0 Å². The van der Waals surface area contributed by atoms with E-state index < -0.39 is 0 Å². The van der Waals surface area contributed by atoms with E-state index in [1.54, 1.807) is 0 Å². The highest BCUT2D eigenvalue weighted by Crippen LogP contribution is 2.19. The highest BCUT2D eigenvalue weighted by Gasteiger charge is 2.03. The third-order valence-electron chi connectivity index (χ3n) is 2.48. The predicted octanol–water partition coefficient (Wildman–Crippen LogP) is 4.34. The summed E-state index contributed by atoms with van der Waals surface area (Å²) in [7, 11) is 0. The third kappa shape index (κ3) is 5.17. The van der Waals surface area contributed by atoms with Crippen LogP contribution < -0.4 is 0 Å². The number of rotatable bonds is 7. The summed E-state index contributed by atoms with van der Waals surface area (Å²) in [6.07, 6.45) is 8.07. The van der Waals surface area contributed by atoms with E-state index in [1.807, 2.05) is 6.08 Å². The van der Waals surface area contributed by atoms with Gasteiger partial charge in [-0.3, -0.25) is 0 Å². The fourth-order valence-electron chi connectivity index (χ4n) is 1.31. The second kappa shape index (κ2) is 7.15. The molecule has 0 bridgehead atoms. The molecule has 0 saturated heterocycles. The van der Waals surface area contributed by atoms with Gasteiger partial charge in [0.2, 0.25) is 0 Å². The standard InChI is InChI=1S/C12H22/c1-5-8-12(7-3)10-9-11(4)6-2/h5,12H,1,4,6-10H2,2-3H3. The largest absolute Gasteiger partial charge is 0.103 e. The van der Waals surface area contributed by atoms with Crippen LogP contribution >= 0.6 is 0 Å². The molecule has 1 atom stereocenters. The summed E-state index contributed by atoms with van der Waals surface area (Å²) < 4.78 is 0. The Hall–Kier alpha value is -0.520. The molecule has 0 aromatic rings. The Morgan fingerprint density at radius 2 is 2.08 bits per heavy atom. The number of hydrogen-bond acceptors (Lipinski definition) is 0. The molecule has 0 aromatic carbocycles. The molecule has 0 aromatic heterocycles. The molecule has 70 valence electrons. The van der Waals surface area contributed by atoms with Gasteiger partial charge in [-0.25, -0.2) is 0 Å². The van der Waals surface area contributed by atoms with Gasteiger partial charge < -0.3 is 0 Å². The smallest absolute Gasteiger partial charge is 0.0320 e. The van der Waals surface area contributed by atoms with Crippen molar-refractivity contribution in [2.24, 2.45) is 5.92 Å². The van der Waals surface area contributed by atoms with Crippen LogP contribution in [-0.4, -0.2) is 0 Å². The molecule has 0 amide bonds. The molecule has 0 nitrogen and oxygen atoms in total. The minimum Gasteiger partial charge on any atom is -0.103 e. The van der Waals surface area contributed by atoms with Crippen molar-refractivity contribution in [2.75, 3.05) is 0 Å². The first kappa shape index (κ1) is 11.5. The summed E-state index contributed by atoms with van der Waals surface area (Å²) in [6.45, 7) is 12.2. The Balaban J connectivity index is 3.56. The normalized spacial score (nSPS) is 12.5. The van der Waals surface area contributed by atoms with Crippen LogP contribution in [0.3, 0.4) is 0 Å². The summed E-state index contributed by atoms with van der Waals surface area (Å²) in [5.41, 5.74) is 1.39. The van der Waals surface area contributed by atoms with Crippen LogP contribution in [0.15, 0.2) is 24.8 Å². The van der Waals surface area contributed by atoms with Gasteiger partial charge in [0, 0.05) is 0 Å². The van der Waals surface area contributed by atoms with Gasteiger partial charge in [-0.2, -0.15) is 0 Å². The number of hydrogen-bond donors (Lipinski definition) is 0. The second-order valence-electron chi connectivity index (χ2n) is 3.44. The van der Waals surface area contributed by atoms with Gasteiger partial charge in [0.25, 0.3) is 0 Å². The molecule has 0 aliphatic rings. The van der Waals surface area contributed by atoms with Gasteiger partial charge in [0.1, 0.15) is 0 Å². The van der Waals surface area contributed by atoms with Gasteiger partial charge in [0.05, 0.1) is 0 Å². The summed E-state index contributed by atoms with van der Waals surface area (Å²) in [6, 6.07) is 0. The molecule has 0 fully saturated rings. The Labute approximate surface area is 77.4 Å². The topological polar surface area (TPSA) is 0 Å². The van der Waals surface area contributed by atoms with Gasteiger partial charge >= 0.3 is 0 Å². The van der Waals surface area contributed by atoms with Crippen LogP contribution in [0.2, 0.25) is 0 Å². The highest BCUT2D eigenvalue weighted by molar-refractivity contribution is 4.92. The molecule has 0 heterocycles. The van der Waals surface area contributed by atoms with Crippen molar-refractivity contribution in [3.8, 4) is 0 Å². The molecule has 0 radical (unpaired) electrons. The van der Waals surface area contributed by atoms with Crippen LogP contribution in [0.5, 0.6) is 0 Å².